The van der Waals surface area contributed by atoms with Crippen LogP contribution in [0.3, 0.4) is 0 Å². The van der Waals surface area contributed by atoms with Gasteiger partial charge in [0.1, 0.15) is 37.4 Å². The Labute approximate surface area is 180 Å². The van der Waals surface area contributed by atoms with Gasteiger partial charge in [0.25, 0.3) is 0 Å². The minimum absolute atomic E-state index is 0.321. The van der Waals surface area contributed by atoms with Gasteiger partial charge >= 0.3 is 0 Å². The molecule has 3 aromatic rings. The van der Waals surface area contributed by atoms with Crippen molar-refractivity contribution < 1.29 is 9.47 Å². The van der Waals surface area contributed by atoms with Gasteiger partial charge in [-0.2, -0.15) is 5.10 Å². The Morgan fingerprint density at radius 2 is 1.76 bits per heavy atom. The lowest BCUT2D eigenvalue weighted by atomic mass is 9.99. The number of benzene rings is 2. The molecule has 29 heavy (non-hydrogen) atoms. The summed E-state index contributed by atoms with van der Waals surface area (Å²) in [6.07, 6.45) is 5.65. The van der Waals surface area contributed by atoms with Crippen LogP contribution in [-0.2, 0) is 0 Å². The summed E-state index contributed by atoms with van der Waals surface area (Å²) in [5, 5.41) is 12.5. The second kappa shape index (κ2) is 10.3. The lowest BCUT2D eigenvalue weighted by molar-refractivity contribution is 0.217. The first-order chi connectivity index (χ1) is 14.1. The summed E-state index contributed by atoms with van der Waals surface area (Å²) in [6, 6.07) is 11.5. The van der Waals surface area contributed by atoms with Gasteiger partial charge in [0.2, 0.25) is 0 Å². The van der Waals surface area contributed by atoms with Crippen LogP contribution in [0.2, 0.25) is 10.0 Å². The van der Waals surface area contributed by atoms with Crippen LogP contribution in [-0.4, -0.2) is 34.3 Å². The molecule has 0 bridgehead atoms. The van der Waals surface area contributed by atoms with Crippen LogP contribution in [0.25, 0.3) is 0 Å². The largest absolute Gasteiger partial charge is 0.490 e. The number of halogens is 2. The van der Waals surface area contributed by atoms with E-state index in [1.165, 1.54) is 22.9 Å². The molecule has 0 fully saturated rings. The molecule has 0 radical (unpaired) electrons. The molecule has 152 valence electrons. The molecular formula is C21H22Cl2N4O2. The number of ether oxygens (including phenoxy) is 2. The number of hydrogen-bond acceptors (Lipinski definition) is 5. The number of nitrogens with zero attached hydrogens (tertiary/aromatic N) is 4. The monoisotopic (exact) mass is 432 g/mol. The summed E-state index contributed by atoms with van der Waals surface area (Å²) < 4.78 is 13.1. The van der Waals surface area contributed by atoms with Gasteiger partial charge in [0, 0.05) is 10.6 Å². The maximum atomic E-state index is 6.31. The van der Waals surface area contributed by atoms with Gasteiger partial charge in [-0.1, -0.05) is 49.2 Å². The maximum Gasteiger partial charge on any atom is 0.147 e. The zero-order valence-corrected chi connectivity index (χ0v) is 17.8. The average molecular weight is 433 g/mol. The van der Waals surface area contributed by atoms with E-state index in [2.05, 4.69) is 41.3 Å². The number of rotatable bonds is 9. The van der Waals surface area contributed by atoms with E-state index in [4.69, 9.17) is 32.7 Å². The van der Waals surface area contributed by atoms with Gasteiger partial charge in [-0.3, -0.25) is 0 Å². The third-order valence-corrected chi connectivity index (χ3v) is 4.93. The van der Waals surface area contributed by atoms with Crippen LogP contribution in [0.5, 0.6) is 11.5 Å². The lowest BCUT2D eigenvalue weighted by Gasteiger charge is -2.13. The van der Waals surface area contributed by atoms with Crippen molar-refractivity contribution in [2.75, 3.05) is 13.2 Å². The third-order valence-electron chi connectivity index (χ3n) is 4.43. The van der Waals surface area contributed by atoms with Crippen molar-refractivity contribution in [3.8, 4) is 11.5 Å². The van der Waals surface area contributed by atoms with Gasteiger partial charge in [-0.05, 0) is 42.2 Å². The van der Waals surface area contributed by atoms with Crippen LogP contribution in [0.15, 0.2) is 54.2 Å². The van der Waals surface area contributed by atoms with Gasteiger partial charge < -0.3 is 9.47 Å². The molecule has 8 heteroatoms. The second-order valence-corrected chi connectivity index (χ2v) is 7.31. The van der Waals surface area contributed by atoms with Crippen LogP contribution in [0.4, 0.5) is 0 Å². The molecule has 0 saturated carbocycles. The topological polar surface area (TPSA) is 61.5 Å². The minimum atomic E-state index is 0.321. The van der Waals surface area contributed by atoms with Gasteiger partial charge in [-0.25, -0.2) is 4.68 Å². The maximum absolute atomic E-state index is 6.31. The highest BCUT2D eigenvalue weighted by molar-refractivity contribution is 6.36. The molecule has 0 aliphatic heterocycles. The second-order valence-electron chi connectivity index (χ2n) is 6.47. The zero-order valence-electron chi connectivity index (χ0n) is 16.3. The van der Waals surface area contributed by atoms with E-state index in [1.807, 2.05) is 12.1 Å². The molecule has 1 aromatic heterocycles. The third kappa shape index (κ3) is 5.95. The van der Waals surface area contributed by atoms with Crippen LogP contribution in [0, 0.1) is 0 Å². The summed E-state index contributed by atoms with van der Waals surface area (Å²) in [5.41, 5.74) is 1.95. The Bertz CT molecular complexity index is 944. The molecule has 2 aromatic carbocycles. The molecule has 3 rings (SSSR count). The van der Waals surface area contributed by atoms with Crippen molar-refractivity contribution in [2.45, 2.75) is 26.2 Å². The molecule has 0 spiro atoms. The standard InChI is InChI=1S/C21H22Cl2N4O2/c1-3-15(2)16-4-6-19(7-5-16)28-8-9-29-21-17(10-18(22)11-20(21)23)12-26-27-13-24-25-14-27/h4-7,10-15H,3,8-9H2,1-2H3/b26-12+. The highest BCUT2D eigenvalue weighted by atomic mass is 35.5. The summed E-state index contributed by atoms with van der Waals surface area (Å²) in [4.78, 5) is 0. The van der Waals surface area contributed by atoms with E-state index in [0.717, 1.165) is 12.2 Å². The molecule has 1 atom stereocenters. The molecule has 1 unspecified atom stereocenters. The molecule has 0 aliphatic carbocycles. The Morgan fingerprint density at radius 1 is 1.07 bits per heavy atom. The van der Waals surface area contributed by atoms with Crippen molar-refractivity contribution >= 4 is 29.4 Å². The number of aromatic nitrogens is 3. The zero-order chi connectivity index (χ0) is 20.6. The van der Waals surface area contributed by atoms with Gasteiger partial charge in [0.15, 0.2) is 0 Å². The lowest BCUT2D eigenvalue weighted by Crippen LogP contribution is -2.10. The summed E-state index contributed by atoms with van der Waals surface area (Å²) >= 11 is 12.4. The van der Waals surface area contributed by atoms with Crippen molar-refractivity contribution in [3.05, 3.63) is 70.2 Å². The fourth-order valence-electron chi connectivity index (χ4n) is 2.64. The summed E-state index contributed by atoms with van der Waals surface area (Å²) in [7, 11) is 0. The van der Waals surface area contributed by atoms with E-state index in [-0.39, 0.29) is 0 Å². The molecular weight excluding hydrogens is 411 g/mol. The Balaban J connectivity index is 1.60. The molecule has 0 amide bonds. The highest BCUT2D eigenvalue weighted by Gasteiger charge is 2.10. The number of hydrogen-bond donors (Lipinski definition) is 0. The van der Waals surface area contributed by atoms with Crippen molar-refractivity contribution in [3.63, 3.8) is 0 Å². The van der Waals surface area contributed by atoms with E-state index >= 15 is 0 Å². The van der Waals surface area contributed by atoms with Crippen molar-refractivity contribution in [2.24, 2.45) is 5.10 Å². The Kier molecular flexibility index (Phi) is 7.49. The van der Waals surface area contributed by atoms with Crippen LogP contribution < -0.4 is 9.47 Å². The van der Waals surface area contributed by atoms with E-state index < -0.39 is 0 Å². The predicted octanol–water partition coefficient (Wildman–Crippen LogP) is 5.44. The molecule has 1 heterocycles. The predicted molar refractivity (Wildman–Crippen MR) is 116 cm³/mol. The Hall–Kier alpha value is -2.57. The van der Waals surface area contributed by atoms with Gasteiger partial charge in [0.05, 0.1) is 11.2 Å². The average Bonchev–Trinajstić information content (AvgIpc) is 3.24. The van der Waals surface area contributed by atoms with Crippen molar-refractivity contribution in [1.82, 2.24) is 14.9 Å². The summed E-state index contributed by atoms with van der Waals surface area (Å²) in [5.74, 6) is 1.83. The quantitative estimate of drug-likeness (QED) is 0.333. The smallest absolute Gasteiger partial charge is 0.147 e. The van der Waals surface area contributed by atoms with Crippen molar-refractivity contribution in [1.29, 1.82) is 0 Å². The van der Waals surface area contributed by atoms with Crippen LogP contribution >= 0.6 is 23.2 Å². The van der Waals surface area contributed by atoms with E-state index in [1.54, 1.807) is 18.3 Å². The Morgan fingerprint density at radius 3 is 2.45 bits per heavy atom. The molecule has 6 nitrogen and oxygen atoms in total. The SMILES string of the molecule is CCC(C)c1ccc(OCCOc2c(Cl)cc(Cl)cc2/C=N/n2cnnc2)cc1. The fraction of sp³-hybridized carbons (Fsp3) is 0.286. The molecule has 0 N–H and O–H groups in total. The first-order valence-corrected chi connectivity index (χ1v) is 10.1. The minimum Gasteiger partial charge on any atom is -0.490 e. The van der Waals surface area contributed by atoms with E-state index in [0.29, 0.717) is 40.5 Å². The first-order valence-electron chi connectivity index (χ1n) is 9.30. The fourth-order valence-corrected chi connectivity index (χ4v) is 3.21. The van der Waals surface area contributed by atoms with Crippen LogP contribution in [0.1, 0.15) is 37.3 Å². The first kappa shape index (κ1) is 21.1. The summed E-state index contributed by atoms with van der Waals surface area (Å²) in [6.45, 7) is 5.09. The highest BCUT2D eigenvalue weighted by Crippen LogP contribution is 2.31. The molecule has 0 saturated heterocycles. The van der Waals surface area contributed by atoms with E-state index in [9.17, 15) is 0 Å². The molecule has 0 aliphatic rings. The van der Waals surface area contributed by atoms with Gasteiger partial charge in [-0.15, -0.1) is 10.2 Å². The normalized spacial score (nSPS) is 12.3.